The van der Waals surface area contributed by atoms with Gasteiger partial charge in [-0.15, -0.1) is 0 Å². The van der Waals surface area contributed by atoms with Crippen molar-refractivity contribution < 1.29 is 19.0 Å². The van der Waals surface area contributed by atoms with Crippen LogP contribution in [0.3, 0.4) is 0 Å². The highest BCUT2D eigenvalue weighted by molar-refractivity contribution is 8.00. The second-order valence-corrected chi connectivity index (χ2v) is 7.86. The molecule has 0 aromatic heterocycles. The third-order valence-electron chi connectivity index (χ3n) is 4.16. The van der Waals surface area contributed by atoms with Gasteiger partial charge in [0, 0.05) is 17.1 Å². The van der Waals surface area contributed by atoms with E-state index in [1.54, 1.807) is 0 Å². The number of rotatable bonds is 6. The van der Waals surface area contributed by atoms with Crippen LogP contribution in [-0.4, -0.2) is 35.0 Å². The molecule has 0 spiro atoms. The number of esters is 1. The third kappa shape index (κ3) is 4.62. The Hall–Kier alpha value is -1.30. The number of allylic oxidation sites excluding steroid dienone is 1. The van der Waals surface area contributed by atoms with Crippen molar-refractivity contribution >= 4 is 17.7 Å². The summed E-state index contributed by atoms with van der Waals surface area (Å²) in [5.41, 5.74) is 0.994. The fourth-order valence-electron chi connectivity index (χ4n) is 3.08. The first-order chi connectivity index (χ1) is 11.5. The van der Waals surface area contributed by atoms with E-state index in [1.807, 2.05) is 62.0 Å². The van der Waals surface area contributed by atoms with Gasteiger partial charge in [0.1, 0.15) is 6.61 Å². The molecule has 0 saturated carbocycles. The zero-order valence-corrected chi connectivity index (χ0v) is 15.0. The fourth-order valence-corrected chi connectivity index (χ4v) is 4.50. The summed E-state index contributed by atoms with van der Waals surface area (Å²) in [6.07, 6.45) is 5.61. The van der Waals surface area contributed by atoms with Gasteiger partial charge in [-0.1, -0.05) is 36.4 Å². The quantitative estimate of drug-likeness (QED) is 0.579. The predicted octanol–water partition coefficient (Wildman–Crippen LogP) is 3.70. The summed E-state index contributed by atoms with van der Waals surface area (Å²) in [7, 11) is 0. The Morgan fingerprint density at radius 2 is 2.12 bits per heavy atom. The zero-order chi connectivity index (χ0) is 17.0. The summed E-state index contributed by atoms with van der Waals surface area (Å²) in [6.45, 7) is 4.25. The lowest BCUT2D eigenvalue weighted by Crippen LogP contribution is -2.27. The summed E-state index contributed by atoms with van der Waals surface area (Å²) >= 11 is 1.90. The average Bonchev–Trinajstić information content (AvgIpc) is 3.06. The Bertz CT molecular complexity index is 584. The average molecular weight is 348 g/mol. The number of ether oxygens (including phenoxy) is 3. The highest BCUT2D eigenvalue weighted by Crippen LogP contribution is 2.42. The van der Waals surface area contributed by atoms with Crippen LogP contribution >= 0.6 is 11.8 Å². The molecule has 2 saturated heterocycles. The number of benzene rings is 1. The van der Waals surface area contributed by atoms with Crippen molar-refractivity contribution in [3.63, 3.8) is 0 Å². The highest BCUT2D eigenvalue weighted by Gasteiger charge is 2.48. The molecule has 2 aliphatic rings. The lowest BCUT2D eigenvalue weighted by molar-refractivity contribution is -0.145. The van der Waals surface area contributed by atoms with Crippen molar-refractivity contribution in [3.05, 3.63) is 48.0 Å². The minimum absolute atomic E-state index is 0.170. The van der Waals surface area contributed by atoms with E-state index in [0.717, 1.165) is 24.2 Å². The van der Waals surface area contributed by atoms with E-state index in [9.17, 15) is 4.79 Å². The van der Waals surface area contributed by atoms with Crippen molar-refractivity contribution in [2.45, 2.75) is 56.5 Å². The molecular formula is C19H24O4S. The van der Waals surface area contributed by atoms with Gasteiger partial charge >= 0.3 is 5.97 Å². The Morgan fingerprint density at radius 1 is 1.33 bits per heavy atom. The van der Waals surface area contributed by atoms with Gasteiger partial charge in [-0.05, 0) is 32.3 Å². The van der Waals surface area contributed by atoms with Crippen LogP contribution in [0.25, 0.3) is 0 Å². The molecule has 0 radical (unpaired) electrons. The highest BCUT2D eigenvalue weighted by atomic mass is 32.2. The van der Waals surface area contributed by atoms with Crippen molar-refractivity contribution in [2.24, 2.45) is 0 Å². The third-order valence-corrected chi connectivity index (χ3v) is 5.61. The Labute approximate surface area is 147 Å². The van der Waals surface area contributed by atoms with Gasteiger partial charge in [0.05, 0.1) is 12.2 Å². The maximum absolute atomic E-state index is 11.7. The summed E-state index contributed by atoms with van der Waals surface area (Å²) in [6, 6.07) is 9.69. The lowest BCUT2D eigenvalue weighted by Gasteiger charge is -2.21. The first-order valence-corrected chi connectivity index (χ1v) is 9.43. The van der Waals surface area contributed by atoms with Gasteiger partial charge in [-0.2, -0.15) is 11.8 Å². The van der Waals surface area contributed by atoms with Crippen molar-refractivity contribution in [2.75, 3.05) is 5.75 Å². The van der Waals surface area contributed by atoms with Crippen LogP contribution in [-0.2, 0) is 25.6 Å². The van der Waals surface area contributed by atoms with Gasteiger partial charge in [0.25, 0.3) is 0 Å². The van der Waals surface area contributed by atoms with Crippen LogP contribution in [0.15, 0.2) is 42.5 Å². The Balaban J connectivity index is 1.37. The molecule has 1 unspecified atom stereocenters. The molecule has 0 aliphatic carbocycles. The van der Waals surface area contributed by atoms with E-state index in [0.29, 0.717) is 11.9 Å². The minimum Gasteiger partial charge on any atom is -0.458 e. The van der Waals surface area contributed by atoms with E-state index in [-0.39, 0.29) is 18.2 Å². The molecule has 0 amide bonds. The van der Waals surface area contributed by atoms with Crippen LogP contribution in [0, 0.1) is 0 Å². The molecule has 24 heavy (non-hydrogen) atoms. The predicted molar refractivity (Wildman–Crippen MR) is 94.7 cm³/mol. The molecule has 4 nitrogen and oxygen atoms in total. The molecule has 5 heteroatoms. The number of thioether (sulfide) groups is 1. The van der Waals surface area contributed by atoms with Gasteiger partial charge in [-0.25, -0.2) is 4.79 Å². The van der Waals surface area contributed by atoms with Gasteiger partial charge in [0.15, 0.2) is 5.79 Å². The van der Waals surface area contributed by atoms with Crippen LogP contribution in [0.4, 0.5) is 0 Å². The topological polar surface area (TPSA) is 44.8 Å². The standard InChI is InChI=1S/C19H24O4S/c1-19(2)22-15-13-24-16(18(15)23-19)10-6-7-11-17(20)21-12-14-8-4-3-5-9-14/h3-5,7-9,11,15-16,18H,6,10,12-13H2,1-2H3/b11-7+/t15-,16?,18-/m0/s1. The number of carbonyl (C=O) groups excluding carboxylic acids is 1. The lowest BCUT2D eigenvalue weighted by atomic mass is 10.1. The molecule has 0 bridgehead atoms. The van der Waals surface area contributed by atoms with Crippen LogP contribution < -0.4 is 0 Å². The first-order valence-electron chi connectivity index (χ1n) is 8.38. The molecular weight excluding hydrogens is 324 g/mol. The number of fused-ring (bicyclic) bond motifs is 1. The molecule has 1 aromatic carbocycles. The van der Waals surface area contributed by atoms with Crippen molar-refractivity contribution in [3.8, 4) is 0 Å². The number of hydrogen-bond donors (Lipinski definition) is 0. The molecule has 0 N–H and O–H groups in total. The van der Waals surface area contributed by atoms with Crippen LogP contribution in [0.1, 0.15) is 32.3 Å². The van der Waals surface area contributed by atoms with Crippen LogP contribution in [0.2, 0.25) is 0 Å². The SMILES string of the molecule is CC1(C)O[C@H]2CSC(CC/C=C/C(=O)OCc3ccccc3)[C@H]2O1. The van der Waals surface area contributed by atoms with E-state index in [1.165, 1.54) is 6.08 Å². The van der Waals surface area contributed by atoms with E-state index in [2.05, 4.69) is 0 Å². The molecule has 2 heterocycles. The van der Waals surface area contributed by atoms with Crippen molar-refractivity contribution in [1.82, 2.24) is 0 Å². The maximum Gasteiger partial charge on any atom is 0.330 e. The first kappa shape index (κ1) is 17.5. The summed E-state index contributed by atoms with van der Waals surface area (Å²) in [5, 5.41) is 0.432. The Kier molecular flexibility index (Phi) is 5.64. The summed E-state index contributed by atoms with van der Waals surface area (Å²) in [5.74, 6) is 0.227. The molecule has 130 valence electrons. The fraction of sp³-hybridized carbons (Fsp3) is 0.526. The molecule has 1 aromatic rings. The molecule has 3 atom stereocenters. The van der Waals surface area contributed by atoms with E-state index in [4.69, 9.17) is 14.2 Å². The normalized spacial score (nSPS) is 28.2. The van der Waals surface area contributed by atoms with Gasteiger partial charge < -0.3 is 14.2 Å². The zero-order valence-electron chi connectivity index (χ0n) is 14.1. The second-order valence-electron chi connectivity index (χ2n) is 6.58. The van der Waals surface area contributed by atoms with Gasteiger partial charge in [-0.3, -0.25) is 0 Å². The minimum atomic E-state index is -0.467. The molecule has 2 fully saturated rings. The molecule has 3 rings (SSSR count). The summed E-state index contributed by atoms with van der Waals surface area (Å²) in [4.78, 5) is 11.7. The van der Waals surface area contributed by atoms with Crippen LogP contribution in [0.5, 0.6) is 0 Å². The van der Waals surface area contributed by atoms with E-state index >= 15 is 0 Å². The second kappa shape index (κ2) is 7.72. The number of carbonyl (C=O) groups is 1. The van der Waals surface area contributed by atoms with E-state index < -0.39 is 5.79 Å². The van der Waals surface area contributed by atoms with Crippen molar-refractivity contribution in [1.29, 1.82) is 0 Å². The van der Waals surface area contributed by atoms with Gasteiger partial charge in [0.2, 0.25) is 0 Å². The largest absolute Gasteiger partial charge is 0.458 e. The summed E-state index contributed by atoms with van der Waals surface area (Å²) < 4.78 is 17.1. The Morgan fingerprint density at radius 3 is 2.92 bits per heavy atom. The monoisotopic (exact) mass is 348 g/mol. The smallest absolute Gasteiger partial charge is 0.330 e. The molecule has 2 aliphatic heterocycles. The maximum atomic E-state index is 11.7. The number of hydrogen-bond acceptors (Lipinski definition) is 5.